The molecule has 24 heteroatoms. The van der Waals surface area contributed by atoms with Crippen molar-refractivity contribution in [3.63, 3.8) is 0 Å². The smallest absolute Gasteiger partial charge is 0.326 e. The van der Waals surface area contributed by atoms with Gasteiger partial charge < -0.3 is 75.1 Å². The van der Waals surface area contributed by atoms with Gasteiger partial charge in [0.2, 0.25) is 41.4 Å². The van der Waals surface area contributed by atoms with Gasteiger partial charge in [0.05, 0.1) is 25.3 Å². The topological polar surface area (TPSA) is 395 Å². The van der Waals surface area contributed by atoms with Crippen molar-refractivity contribution in [2.45, 2.75) is 134 Å². The Morgan fingerprint density at radius 2 is 1.16 bits per heavy atom. The lowest BCUT2D eigenvalue weighted by atomic mass is 9.99. The number of hydrogen-bond acceptors (Lipinski definition) is 14. The highest BCUT2D eigenvalue weighted by molar-refractivity contribution is 7.98. The van der Waals surface area contributed by atoms with Crippen molar-refractivity contribution in [3.05, 3.63) is 0 Å². The van der Waals surface area contributed by atoms with Crippen LogP contribution >= 0.6 is 11.8 Å². The fourth-order valence-electron chi connectivity index (χ4n) is 5.80. The number of carbonyl (C=O) groups excluding carboxylic acids is 7. The molecule has 0 bridgehead atoms. The van der Waals surface area contributed by atoms with Crippen LogP contribution in [0.4, 0.5) is 0 Å². The lowest BCUT2D eigenvalue weighted by Crippen LogP contribution is -2.60. The molecule has 0 aliphatic heterocycles. The van der Waals surface area contributed by atoms with E-state index in [1.54, 1.807) is 0 Å². The van der Waals surface area contributed by atoms with E-state index >= 15 is 0 Å². The number of aliphatic carboxylic acids is 1. The van der Waals surface area contributed by atoms with E-state index in [2.05, 4.69) is 42.5 Å². The van der Waals surface area contributed by atoms with Crippen LogP contribution in [0.5, 0.6) is 0 Å². The van der Waals surface area contributed by atoms with Crippen LogP contribution in [-0.2, 0) is 38.4 Å². The molecule has 356 valence electrons. The molecular formula is C38H72N12O11S. The lowest BCUT2D eigenvalue weighted by Gasteiger charge is -2.27. The molecule has 0 aromatic heterocycles. The maximum atomic E-state index is 13.7. The standard InChI is InChI=1S/C38H72N12O11S/c1-20(2)16-26(48-31(54)23(40)12-15-62-6)34(57)49-27(17-21(3)4)33(56)46-24(10-7-8-13-39)32(55)44-18-29(53)45-28(19-51)35(58)50-30(22(5)52)36(59)47-25(37(60)61)11-9-14-43-38(41)42/h20-28,30,51-52H,7-19,39-40H2,1-6H3,(H,44,55)(H,45,53)(H,46,56)(H,47,59)(H,48,54)(H,49,57)(H,50,58)(H,60,61)(H4,41,42,43)/t22-,23+,24+,25+,26+,27+,28+,30+/m1/s1. The molecule has 0 saturated heterocycles. The van der Waals surface area contributed by atoms with Crippen molar-refractivity contribution in [1.29, 1.82) is 5.41 Å². The molecule has 0 saturated carbocycles. The minimum Gasteiger partial charge on any atom is -0.480 e. The fourth-order valence-corrected chi connectivity index (χ4v) is 6.29. The van der Waals surface area contributed by atoms with Crippen LogP contribution in [0.15, 0.2) is 0 Å². The van der Waals surface area contributed by atoms with E-state index in [4.69, 9.17) is 22.6 Å². The summed E-state index contributed by atoms with van der Waals surface area (Å²) in [4.78, 5) is 104. The van der Waals surface area contributed by atoms with E-state index < -0.39 is 109 Å². The first-order valence-electron chi connectivity index (χ1n) is 20.7. The van der Waals surface area contributed by atoms with Gasteiger partial charge in [0, 0.05) is 6.54 Å². The SMILES string of the molecule is CSCC[C@H](N)C(=O)N[C@@H](CC(C)C)C(=O)N[C@@H](CC(C)C)C(=O)N[C@@H](CCCCN)C(=O)NCC(=O)N[C@@H](CO)C(=O)N[C@H](C(=O)N[C@@H](CCCNC(=N)N)C(=O)O)[C@@H](C)O. The summed E-state index contributed by atoms with van der Waals surface area (Å²) < 4.78 is 0. The van der Waals surface area contributed by atoms with Crippen molar-refractivity contribution in [2.75, 3.05) is 38.2 Å². The van der Waals surface area contributed by atoms with E-state index in [9.17, 15) is 53.7 Å². The number of rotatable bonds is 32. The quantitative estimate of drug-likeness (QED) is 0.0174. The second-order valence-corrected chi connectivity index (χ2v) is 16.7. The van der Waals surface area contributed by atoms with Gasteiger partial charge in [-0.25, -0.2) is 4.79 Å². The average Bonchev–Trinajstić information content (AvgIpc) is 3.19. The maximum absolute atomic E-state index is 13.7. The molecule has 0 rings (SSSR count). The van der Waals surface area contributed by atoms with Gasteiger partial charge in [-0.05, 0) is 88.7 Å². The largest absolute Gasteiger partial charge is 0.480 e. The number of guanidine groups is 1. The number of unbranched alkanes of at least 4 members (excludes halogenated alkanes) is 1. The second kappa shape index (κ2) is 31.1. The normalized spacial score (nSPS) is 15.0. The van der Waals surface area contributed by atoms with Crippen LogP contribution in [0.3, 0.4) is 0 Å². The Morgan fingerprint density at radius 1 is 0.645 bits per heavy atom. The number of nitrogens with two attached hydrogens (primary N) is 3. The fraction of sp³-hybridized carbons (Fsp3) is 0.763. The summed E-state index contributed by atoms with van der Waals surface area (Å²) in [5.74, 6) is -6.91. The molecule has 0 radical (unpaired) electrons. The summed E-state index contributed by atoms with van der Waals surface area (Å²) in [6.07, 6.45) is 2.26. The van der Waals surface area contributed by atoms with Crippen LogP contribution in [0, 0.1) is 17.2 Å². The number of amides is 7. The first-order chi connectivity index (χ1) is 29.1. The molecule has 0 aliphatic carbocycles. The maximum Gasteiger partial charge on any atom is 0.326 e. The number of aliphatic hydroxyl groups excluding tert-OH is 2. The first kappa shape index (κ1) is 57.2. The minimum absolute atomic E-state index is 0.00809. The number of nitrogens with one attached hydrogen (secondary N) is 9. The molecule has 7 amide bonds. The summed E-state index contributed by atoms with van der Waals surface area (Å²) in [6.45, 7) is 7.30. The third-order valence-electron chi connectivity index (χ3n) is 9.15. The average molecular weight is 905 g/mol. The van der Waals surface area contributed by atoms with Crippen molar-refractivity contribution in [3.8, 4) is 0 Å². The lowest BCUT2D eigenvalue weighted by molar-refractivity contribution is -0.143. The predicted octanol–water partition coefficient (Wildman–Crippen LogP) is -3.97. The molecule has 0 fully saturated rings. The van der Waals surface area contributed by atoms with Gasteiger partial charge >= 0.3 is 5.97 Å². The monoisotopic (exact) mass is 905 g/mol. The number of aliphatic hydroxyl groups is 2. The van der Waals surface area contributed by atoms with Gasteiger partial charge in [0.15, 0.2) is 5.96 Å². The molecule has 0 aliphatic rings. The zero-order valence-electron chi connectivity index (χ0n) is 36.7. The molecule has 0 unspecified atom stereocenters. The number of thioether (sulfide) groups is 1. The van der Waals surface area contributed by atoms with E-state index in [-0.39, 0.29) is 56.4 Å². The van der Waals surface area contributed by atoms with Crippen molar-refractivity contribution >= 4 is 65.0 Å². The highest BCUT2D eigenvalue weighted by Gasteiger charge is 2.34. The van der Waals surface area contributed by atoms with Crippen LogP contribution in [0.1, 0.15) is 86.0 Å². The number of carboxylic acid groups (broad SMARTS) is 1. The Hall–Kier alpha value is -4.78. The van der Waals surface area contributed by atoms with Gasteiger partial charge in [-0.15, -0.1) is 0 Å². The number of hydrogen-bond donors (Lipinski definition) is 15. The van der Waals surface area contributed by atoms with E-state index in [1.807, 2.05) is 34.0 Å². The summed E-state index contributed by atoms with van der Waals surface area (Å²) in [7, 11) is 0. The van der Waals surface area contributed by atoms with Crippen molar-refractivity contribution in [1.82, 2.24) is 42.5 Å². The molecule has 23 nitrogen and oxygen atoms in total. The summed E-state index contributed by atoms with van der Waals surface area (Å²) in [6, 6.07) is -8.96. The van der Waals surface area contributed by atoms with Gasteiger partial charge in [-0.1, -0.05) is 27.7 Å². The number of carboxylic acids is 1. The molecule has 8 atom stereocenters. The van der Waals surface area contributed by atoms with Crippen LogP contribution in [-0.4, -0.2) is 155 Å². The molecule has 0 aromatic carbocycles. The van der Waals surface area contributed by atoms with Crippen LogP contribution < -0.4 is 59.7 Å². The molecule has 18 N–H and O–H groups in total. The summed E-state index contributed by atoms with van der Waals surface area (Å²) in [5.41, 5.74) is 16.9. The predicted molar refractivity (Wildman–Crippen MR) is 233 cm³/mol. The van der Waals surface area contributed by atoms with E-state index in [0.29, 0.717) is 31.6 Å². The van der Waals surface area contributed by atoms with Gasteiger partial charge in [-0.3, -0.25) is 39.0 Å². The molecule has 0 spiro atoms. The number of carbonyl (C=O) groups is 8. The highest BCUT2D eigenvalue weighted by Crippen LogP contribution is 2.11. The van der Waals surface area contributed by atoms with Crippen molar-refractivity contribution < 1.29 is 53.7 Å². The molecular weight excluding hydrogens is 833 g/mol. The van der Waals surface area contributed by atoms with Gasteiger partial charge in [0.1, 0.15) is 36.3 Å². The third-order valence-corrected chi connectivity index (χ3v) is 9.79. The van der Waals surface area contributed by atoms with Crippen LogP contribution in [0.25, 0.3) is 0 Å². The highest BCUT2D eigenvalue weighted by atomic mass is 32.2. The Morgan fingerprint density at radius 3 is 1.65 bits per heavy atom. The Balaban J connectivity index is 5.82. The van der Waals surface area contributed by atoms with Crippen molar-refractivity contribution in [2.24, 2.45) is 29.0 Å². The zero-order valence-corrected chi connectivity index (χ0v) is 37.5. The van der Waals surface area contributed by atoms with Gasteiger partial charge in [-0.2, -0.15) is 11.8 Å². The zero-order chi connectivity index (χ0) is 47.5. The van der Waals surface area contributed by atoms with Gasteiger partial charge in [0.25, 0.3) is 0 Å². The molecule has 0 aromatic rings. The van der Waals surface area contributed by atoms with E-state index in [1.165, 1.54) is 11.8 Å². The van der Waals surface area contributed by atoms with Crippen LogP contribution in [0.2, 0.25) is 0 Å². The Bertz CT molecular complexity index is 1470. The molecule has 62 heavy (non-hydrogen) atoms. The first-order valence-corrected chi connectivity index (χ1v) is 22.1. The van der Waals surface area contributed by atoms with E-state index in [0.717, 1.165) is 6.92 Å². The Kier molecular flexibility index (Phi) is 28.7. The Labute approximate surface area is 367 Å². The summed E-state index contributed by atoms with van der Waals surface area (Å²) in [5, 5.41) is 56.4. The minimum atomic E-state index is -1.71. The molecule has 0 heterocycles. The summed E-state index contributed by atoms with van der Waals surface area (Å²) >= 11 is 1.53. The second-order valence-electron chi connectivity index (χ2n) is 15.7. The third kappa shape index (κ3) is 24.0.